The molecule has 0 rings (SSSR count). The Labute approximate surface area is 96.5 Å². The Bertz CT molecular complexity index is 185. The summed E-state index contributed by atoms with van der Waals surface area (Å²) < 4.78 is 11.4. The largest absolute Gasteiger partial charge is 0.416 e. The third-order valence-corrected chi connectivity index (χ3v) is 8.19. The SMILES string of the molecule is CO[C@H](C)[C@H](C)CO[Si](C)(C)C(C)(C)C. The van der Waals surface area contributed by atoms with Crippen LogP contribution in [0.5, 0.6) is 0 Å². The van der Waals surface area contributed by atoms with Gasteiger partial charge in [-0.2, -0.15) is 0 Å². The van der Waals surface area contributed by atoms with Crippen molar-refractivity contribution < 1.29 is 9.16 Å². The van der Waals surface area contributed by atoms with Crippen molar-refractivity contribution in [3.8, 4) is 0 Å². The number of hydrogen-bond donors (Lipinski definition) is 0. The molecule has 2 nitrogen and oxygen atoms in total. The Balaban J connectivity index is 4.16. The van der Waals surface area contributed by atoms with E-state index < -0.39 is 8.32 Å². The summed E-state index contributed by atoms with van der Waals surface area (Å²) in [5.41, 5.74) is 0. The number of hydrogen-bond acceptors (Lipinski definition) is 2. The van der Waals surface area contributed by atoms with Gasteiger partial charge < -0.3 is 9.16 Å². The highest BCUT2D eigenvalue weighted by molar-refractivity contribution is 6.74. The summed E-state index contributed by atoms with van der Waals surface area (Å²) in [5, 5.41) is 0.295. The van der Waals surface area contributed by atoms with Crippen molar-refractivity contribution in [1.82, 2.24) is 0 Å². The Morgan fingerprint density at radius 1 is 1.13 bits per heavy atom. The third-order valence-electron chi connectivity index (χ3n) is 3.69. The molecule has 0 aliphatic rings. The smallest absolute Gasteiger partial charge is 0.191 e. The molecule has 0 N–H and O–H groups in total. The first-order valence-electron chi connectivity index (χ1n) is 5.78. The molecule has 0 aliphatic carbocycles. The average Bonchev–Trinajstić information content (AvgIpc) is 2.11. The van der Waals surface area contributed by atoms with E-state index in [2.05, 4.69) is 47.7 Å². The highest BCUT2D eigenvalue weighted by atomic mass is 28.4. The number of methoxy groups -OCH3 is 1. The minimum atomic E-state index is -1.58. The fourth-order valence-electron chi connectivity index (χ4n) is 0.924. The van der Waals surface area contributed by atoms with Crippen LogP contribution >= 0.6 is 0 Å². The quantitative estimate of drug-likeness (QED) is 0.673. The number of rotatable bonds is 5. The maximum absolute atomic E-state index is 6.14. The van der Waals surface area contributed by atoms with Crippen LogP contribution in [0.15, 0.2) is 0 Å². The van der Waals surface area contributed by atoms with Crippen LogP contribution in [-0.2, 0) is 9.16 Å². The normalized spacial score (nSPS) is 17.6. The van der Waals surface area contributed by atoms with Gasteiger partial charge in [-0.25, -0.2) is 0 Å². The van der Waals surface area contributed by atoms with Gasteiger partial charge in [-0.15, -0.1) is 0 Å². The molecule has 0 amide bonds. The molecule has 0 radical (unpaired) electrons. The lowest BCUT2D eigenvalue weighted by Crippen LogP contribution is -2.42. The van der Waals surface area contributed by atoms with Crippen LogP contribution in [0.3, 0.4) is 0 Å². The highest BCUT2D eigenvalue weighted by Gasteiger charge is 2.37. The van der Waals surface area contributed by atoms with Gasteiger partial charge in [-0.1, -0.05) is 27.7 Å². The second kappa shape index (κ2) is 5.46. The standard InChI is InChI=1S/C12H28O2Si/c1-10(11(2)13-6)9-14-15(7,8)12(3,4)5/h10-11H,9H2,1-8H3/t10-,11-/m1/s1. The van der Waals surface area contributed by atoms with Gasteiger partial charge in [-0.3, -0.25) is 0 Å². The lowest BCUT2D eigenvalue weighted by molar-refractivity contribution is 0.0495. The summed E-state index contributed by atoms with van der Waals surface area (Å²) >= 11 is 0. The zero-order valence-corrected chi connectivity index (χ0v) is 12.7. The molecular formula is C12H28O2Si. The molecule has 0 bridgehead atoms. The van der Waals surface area contributed by atoms with Gasteiger partial charge in [0.2, 0.25) is 0 Å². The fraction of sp³-hybridized carbons (Fsp3) is 1.00. The molecule has 0 aromatic rings. The van der Waals surface area contributed by atoms with Gasteiger partial charge in [0.25, 0.3) is 0 Å². The van der Waals surface area contributed by atoms with E-state index >= 15 is 0 Å². The van der Waals surface area contributed by atoms with E-state index in [0.29, 0.717) is 11.0 Å². The molecule has 0 spiro atoms. The minimum absolute atomic E-state index is 0.273. The lowest BCUT2D eigenvalue weighted by atomic mass is 10.1. The Morgan fingerprint density at radius 3 is 1.93 bits per heavy atom. The van der Waals surface area contributed by atoms with Crippen LogP contribution in [0.1, 0.15) is 34.6 Å². The predicted molar refractivity (Wildman–Crippen MR) is 68.8 cm³/mol. The van der Waals surface area contributed by atoms with Crippen LogP contribution in [0.2, 0.25) is 18.1 Å². The van der Waals surface area contributed by atoms with Crippen LogP contribution < -0.4 is 0 Å². The van der Waals surface area contributed by atoms with Gasteiger partial charge in [0.05, 0.1) is 6.10 Å². The molecule has 0 heterocycles. The molecule has 2 atom stereocenters. The molecule has 92 valence electrons. The number of ether oxygens (including phenoxy) is 1. The van der Waals surface area contributed by atoms with Crippen molar-refractivity contribution in [2.45, 2.75) is 58.9 Å². The van der Waals surface area contributed by atoms with Gasteiger partial charge >= 0.3 is 0 Å². The Hall–Kier alpha value is 0.137. The fourth-order valence-corrected chi connectivity index (χ4v) is 2.04. The first kappa shape index (κ1) is 15.1. The third kappa shape index (κ3) is 4.66. The topological polar surface area (TPSA) is 18.5 Å². The highest BCUT2D eigenvalue weighted by Crippen LogP contribution is 2.36. The van der Waals surface area contributed by atoms with Crippen molar-refractivity contribution in [3.05, 3.63) is 0 Å². The first-order valence-corrected chi connectivity index (χ1v) is 8.69. The molecule has 15 heavy (non-hydrogen) atoms. The molecule has 3 heteroatoms. The van der Waals surface area contributed by atoms with E-state index in [-0.39, 0.29) is 6.10 Å². The van der Waals surface area contributed by atoms with Gasteiger partial charge in [0, 0.05) is 19.6 Å². The second-order valence-electron chi connectivity index (χ2n) is 5.99. The summed E-state index contributed by atoms with van der Waals surface area (Å²) in [7, 11) is 0.176. The van der Waals surface area contributed by atoms with Crippen LogP contribution in [-0.4, -0.2) is 28.1 Å². The second-order valence-corrected chi connectivity index (χ2v) is 10.8. The summed E-state index contributed by atoms with van der Waals surface area (Å²) in [4.78, 5) is 0. The van der Waals surface area contributed by atoms with Crippen molar-refractivity contribution in [2.24, 2.45) is 5.92 Å². The molecule has 0 saturated carbocycles. The van der Waals surface area contributed by atoms with E-state index in [9.17, 15) is 0 Å². The lowest BCUT2D eigenvalue weighted by Gasteiger charge is -2.37. The maximum atomic E-state index is 6.14. The molecule has 0 fully saturated rings. The molecule has 0 unspecified atom stereocenters. The summed E-state index contributed by atoms with van der Waals surface area (Å²) in [6.07, 6.45) is 0.273. The van der Waals surface area contributed by atoms with E-state index in [1.165, 1.54) is 0 Å². The summed E-state index contributed by atoms with van der Waals surface area (Å²) in [5.74, 6) is 0.462. The van der Waals surface area contributed by atoms with Crippen molar-refractivity contribution in [2.75, 3.05) is 13.7 Å². The van der Waals surface area contributed by atoms with Crippen LogP contribution in [0, 0.1) is 5.92 Å². The van der Waals surface area contributed by atoms with Crippen molar-refractivity contribution >= 4 is 8.32 Å². The van der Waals surface area contributed by atoms with Gasteiger partial charge in [0.15, 0.2) is 8.32 Å². The minimum Gasteiger partial charge on any atom is -0.416 e. The first-order chi connectivity index (χ1) is 6.62. The monoisotopic (exact) mass is 232 g/mol. The summed E-state index contributed by atoms with van der Waals surface area (Å²) in [6, 6.07) is 0. The van der Waals surface area contributed by atoms with Crippen molar-refractivity contribution in [3.63, 3.8) is 0 Å². The average molecular weight is 232 g/mol. The van der Waals surface area contributed by atoms with E-state index in [4.69, 9.17) is 9.16 Å². The zero-order chi connectivity index (χ0) is 12.3. The maximum Gasteiger partial charge on any atom is 0.191 e. The molecular weight excluding hydrogens is 204 g/mol. The summed E-state index contributed by atoms with van der Waals surface area (Å²) in [6.45, 7) is 16.5. The molecule has 0 saturated heterocycles. The Morgan fingerprint density at radius 2 is 1.60 bits per heavy atom. The predicted octanol–water partition coefficient (Wildman–Crippen LogP) is 3.68. The van der Waals surface area contributed by atoms with E-state index in [1.807, 2.05) is 0 Å². The van der Waals surface area contributed by atoms with Crippen LogP contribution in [0.4, 0.5) is 0 Å². The molecule has 0 aliphatic heterocycles. The van der Waals surface area contributed by atoms with Crippen molar-refractivity contribution in [1.29, 1.82) is 0 Å². The zero-order valence-electron chi connectivity index (χ0n) is 11.7. The van der Waals surface area contributed by atoms with E-state index in [0.717, 1.165) is 6.61 Å². The van der Waals surface area contributed by atoms with Crippen LogP contribution in [0.25, 0.3) is 0 Å². The molecule has 0 aromatic heterocycles. The van der Waals surface area contributed by atoms with Gasteiger partial charge in [-0.05, 0) is 25.1 Å². The Kier molecular flexibility index (Phi) is 5.51. The van der Waals surface area contributed by atoms with E-state index in [1.54, 1.807) is 7.11 Å². The molecule has 0 aromatic carbocycles. The van der Waals surface area contributed by atoms with Gasteiger partial charge in [0.1, 0.15) is 0 Å².